The van der Waals surface area contributed by atoms with Crippen molar-refractivity contribution in [2.45, 2.75) is 25.7 Å². The molecule has 1 heterocycles. The molecule has 0 N–H and O–H groups in total. The van der Waals surface area contributed by atoms with Gasteiger partial charge in [0, 0.05) is 25.0 Å². The van der Waals surface area contributed by atoms with Crippen LogP contribution in [0.15, 0.2) is 14.7 Å². The molecule has 8 heteroatoms. The van der Waals surface area contributed by atoms with Gasteiger partial charge in [0.15, 0.2) is 0 Å². The highest BCUT2D eigenvalue weighted by Crippen LogP contribution is 2.31. The monoisotopic (exact) mass is 382 g/mol. The van der Waals surface area contributed by atoms with Crippen LogP contribution in [0.1, 0.15) is 18.7 Å². The van der Waals surface area contributed by atoms with Crippen LogP contribution in [0.4, 0.5) is 0 Å². The van der Waals surface area contributed by atoms with Gasteiger partial charge in [-0.05, 0) is 42.8 Å². The van der Waals surface area contributed by atoms with Gasteiger partial charge in [-0.15, -0.1) is 11.3 Å². The predicted octanol–water partition coefficient (Wildman–Crippen LogP) is 2.31. The SMILES string of the molecule is CCN(CC)C(=O)CN(C)S(=O)(=O)c1cc(Br)sc1C. The van der Waals surface area contributed by atoms with E-state index in [-0.39, 0.29) is 17.3 Å². The van der Waals surface area contributed by atoms with E-state index in [0.29, 0.717) is 18.0 Å². The number of halogens is 1. The van der Waals surface area contributed by atoms with Crippen molar-refractivity contribution in [3.63, 3.8) is 0 Å². The van der Waals surface area contributed by atoms with Crippen molar-refractivity contribution < 1.29 is 13.2 Å². The number of thiophene rings is 1. The van der Waals surface area contributed by atoms with Crippen molar-refractivity contribution in [3.8, 4) is 0 Å². The van der Waals surface area contributed by atoms with Gasteiger partial charge in [0.25, 0.3) is 0 Å². The minimum atomic E-state index is -3.63. The van der Waals surface area contributed by atoms with Crippen LogP contribution < -0.4 is 0 Å². The summed E-state index contributed by atoms with van der Waals surface area (Å²) in [5, 5.41) is 0. The van der Waals surface area contributed by atoms with E-state index in [9.17, 15) is 13.2 Å². The Bertz CT molecular complexity index is 580. The Hall–Kier alpha value is -0.440. The highest BCUT2D eigenvalue weighted by Gasteiger charge is 2.27. The molecule has 0 bridgehead atoms. The van der Waals surface area contributed by atoms with E-state index >= 15 is 0 Å². The quantitative estimate of drug-likeness (QED) is 0.758. The van der Waals surface area contributed by atoms with Gasteiger partial charge in [-0.2, -0.15) is 4.31 Å². The maximum atomic E-state index is 12.4. The fourth-order valence-corrected chi connectivity index (χ4v) is 5.31. The molecule has 0 aromatic carbocycles. The van der Waals surface area contributed by atoms with Crippen molar-refractivity contribution in [2.75, 3.05) is 26.7 Å². The first-order chi connectivity index (χ1) is 9.23. The van der Waals surface area contributed by atoms with Gasteiger partial charge in [0.05, 0.1) is 15.2 Å². The molecule has 0 saturated heterocycles. The maximum Gasteiger partial charge on any atom is 0.244 e. The lowest BCUT2D eigenvalue weighted by molar-refractivity contribution is -0.130. The molecule has 1 amide bonds. The molecule has 0 unspecified atom stereocenters. The highest BCUT2D eigenvalue weighted by atomic mass is 79.9. The Morgan fingerprint density at radius 1 is 1.35 bits per heavy atom. The summed E-state index contributed by atoms with van der Waals surface area (Å²) in [5.74, 6) is -0.187. The van der Waals surface area contributed by atoms with Crippen LogP contribution in [0, 0.1) is 6.92 Å². The molecule has 0 spiro atoms. The third-order valence-corrected chi connectivity index (χ3v) is 6.62. The fourth-order valence-electron chi connectivity index (χ4n) is 1.81. The number of likely N-dealkylation sites (N-methyl/N-ethyl adjacent to an activating group) is 2. The van der Waals surface area contributed by atoms with Crippen molar-refractivity contribution in [2.24, 2.45) is 0 Å². The number of amides is 1. The molecular formula is C12H19BrN2O3S2. The van der Waals surface area contributed by atoms with E-state index < -0.39 is 10.0 Å². The molecule has 0 saturated carbocycles. The molecule has 1 aromatic rings. The largest absolute Gasteiger partial charge is 0.342 e. The van der Waals surface area contributed by atoms with Crippen LogP contribution in [0.2, 0.25) is 0 Å². The van der Waals surface area contributed by atoms with Gasteiger partial charge >= 0.3 is 0 Å². The van der Waals surface area contributed by atoms with Gasteiger partial charge < -0.3 is 4.90 Å². The Kier molecular flexibility index (Phi) is 6.18. The minimum absolute atomic E-state index is 0.142. The summed E-state index contributed by atoms with van der Waals surface area (Å²) in [6.45, 7) is 6.50. The summed E-state index contributed by atoms with van der Waals surface area (Å²) in [7, 11) is -2.20. The summed E-state index contributed by atoms with van der Waals surface area (Å²) in [4.78, 5) is 14.6. The second-order valence-corrected chi connectivity index (χ2v) is 8.95. The highest BCUT2D eigenvalue weighted by molar-refractivity contribution is 9.11. The molecule has 0 aliphatic rings. The van der Waals surface area contributed by atoms with E-state index in [0.717, 1.165) is 8.09 Å². The third kappa shape index (κ3) is 3.81. The fraction of sp³-hybridized carbons (Fsp3) is 0.583. The standard InChI is InChI=1S/C12H19BrN2O3S2/c1-5-15(6-2)12(16)8-14(4)20(17,18)10-7-11(13)19-9(10)3/h7H,5-6,8H2,1-4H3. The molecule has 0 atom stereocenters. The first kappa shape index (κ1) is 17.6. The first-order valence-electron chi connectivity index (χ1n) is 6.24. The van der Waals surface area contributed by atoms with Crippen LogP contribution in [0.3, 0.4) is 0 Å². The van der Waals surface area contributed by atoms with Gasteiger partial charge in [-0.25, -0.2) is 8.42 Å². The van der Waals surface area contributed by atoms with Gasteiger partial charge in [0.2, 0.25) is 15.9 Å². The number of carbonyl (C=O) groups excluding carboxylic acids is 1. The molecule has 0 radical (unpaired) electrons. The van der Waals surface area contributed by atoms with E-state index in [1.165, 1.54) is 18.4 Å². The van der Waals surface area contributed by atoms with Crippen molar-refractivity contribution >= 4 is 43.2 Å². The summed E-state index contributed by atoms with van der Waals surface area (Å²) in [6, 6.07) is 1.58. The summed E-state index contributed by atoms with van der Waals surface area (Å²) in [6.07, 6.45) is 0. The Morgan fingerprint density at radius 2 is 1.90 bits per heavy atom. The van der Waals surface area contributed by atoms with Crippen molar-refractivity contribution in [3.05, 3.63) is 14.7 Å². The Morgan fingerprint density at radius 3 is 2.30 bits per heavy atom. The van der Waals surface area contributed by atoms with Gasteiger partial charge in [0.1, 0.15) is 0 Å². The molecule has 1 aromatic heterocycles. The second kappa shape index (κ2) is 7.02. The minimum Gasteiger partial charge on any atom is -0.342 e. The lowest BCUT2D eigenvalue weighted by Gasteiger charge is -2.22. The van der Waals surface area contributed by atoms with E-state index in [1.807, 2.05) is 13.8 Å². The van der Waals surface area contributed by atoms with Crippen LogP contribution in [0.5, 0.6) is 0 Å². The first-order valence-corrected chi connectivity index (χ1v) is 9.29. The van der Waals surface area contributed by atoms with Crippen LogP contribution in [-0.2, 0) is 14.8 Å². The molecule has 0 fully saturated rings. The van der Waals surface area contributed by atoms with Crippen LogP contribution >= 0.6 is 27.3 Å². The molecular weight excluding hydrogens is 364 g/mol. The third-order valence-electron chi connectivity index (χ3n) is 3.00. The van der Waals surface area contributed by atoms with Gasteiger partial charge in [-0.3, -0.25) is 4.79 Å². The molecule has 0 aliphatic carbocycles. The van der Waals surface area contributed by atoms with Crippen molar-refractivity contribution in [1.29, 1.82) is 0 Å². The zero-order valence-corrected chi connectivity index (χ0v) is 15.2. The molecule has 0 aliphatic heterocycles. The van der Waals surface area contributed by atoms with E-state index in [1.54, 1.807) is 17.9 Å². The summed E-state index contributed by atoms with van der Waals surface area (Å²) >= 11 is 4.64. The lowest BCUT2D eigenvalue weighted by Crippen LogP contribution is -2.41. The average molecular weight is 383 g/mol. The second-order valence-electron chi connectivity index (χ2n) is 4.30. The maximum absolute atomic E-state index is 12.4. The lowest BCUT2D eigenvalue weighted by atomic mass is 10.4. The van der Waals surface area contributed by atoms with Crippen LogP contribution in [-0.4, -0.2) is 50.2 Å². The number of hydrogen-bond acceptors (Lipinski definition) is 4. The predicted molar refractivity (Wildman–Crippen MR) is 84.5 cm³/mol. The number of sulfonamides is 1. The zero-order valence-electron chi connectivity index (χ0n) is 12.0. The Balaban J connectivity index is 2.94. The molecule has 114 valence electrons. The summed E-state index contributed by atoms with van der Waals surface area (Å²) < 4.78 is 26.8. The molecule has 20 heavy (non-hydrogen) atoms. The smallest absolute Gasteiger partial charge is 0.244 e. The molecule has 5 nitrogen and oxygen atoms in total. The average Bonchev–Trinajstić information content (AvgIpc) is 2.70. The number of aryl methyl sites for hydroxylation is 1. The Labute approximate surface area is 132 Å². The number of hydrogen-bond donors (Lipinski definition) is 0. The normalized spacial score (nSPS) is 11.9. The summed E-state index contributed by atoms with van der Waals surface area (Å²) in [5.41, 5.74) is 0. The number of rotatable bonds is 6. The van der Waals surface area contributed by atoms with Gasteiger partial charge in [-0.1, -0.05) is 0 Å². The topological polar surface area (TPSA) is 57.7 Å². The van der Waals surface area contributed by atoms with E-state index in [2.05, 4.69) is 15.9 Å². The zero-order chi connectivity index (χ0) is 15.5. The number of nitrogens with zero attached hydrogens (tertiary/aromatic N) is 2. The number of carbonyl (C=O) groups is 1. The van der Waals surface area contributed by atoms with Crippen LogP contribution in [0.25, 0.3) is 0 Å². The molecule has 1 rings (SSSR count). The van der Waals surface area contributed by atoms with E-state index in [4.69, 9.17) is 0 Å². The van der Waals surface area contributed by atoms with Crippen molar-refractivity contribution in [1.82, 2.24) is 9.21 Å².